The molecule has 0 aliphatic carbocycles. The lowest BCUT2D eigenvalue weighted by molar-refractivity contribution is -0.374. The zero-order chi connectivity index (χ0) is 40.7. The van der Waals surface area contributed by atoms with Crippen molar-refractivity contribution in [3.05, 3.63) is 118 Å². The Balaban J connectivity index is 1.38. The molecule has 11 atom stereocenters. The minimum absolute atomic E-state index is 0.0582. The van der Waals surface area contributed by atoms with Crippen LogP contribution in [0.15, 0.2) is 96.1 Å². The third-order valence-electron chi connectivity index (χ3n) is 11.8. The molecule has 0 radical (unpaired) electrons. The van der Waals surface area contributed by atoms with Crippen LogP contribution in [0, 0.1) is 5.92 Å². The number of nitrogens with zero attached hydrogens (tertiary/aromatic N) is 3. The summed E-state index contributed by atoms with van der Waals surface area (Å²) in [4.78, 5) is 16.4. The van der Waals surface area contributed by atoms with E-state index in [9.17, 15) is 15.4 Å². The third kappa shape index (κ3) is 9.78. The second kappa shape index (κ2) is 18.9. The minimum atomic E-state index is -2.75. The summed E-state index contributed by atoms with van der Waals surface area (Å²) in [7, 11) is -1.53. The average Bonchev–Trinajstić information content (AvgIpc) is 3.21. The van der Waals surface area contributed by atoms with Crippen molar-refractivity contribution in [2.45, 2.75) is 127 Å². The van der Waals surface area contributed by atoms with E-state index in [4.69, 9.17) is 42.3 Å². The maximum Gasteiger partial charge on any atom is 0.337 e. The fraction of sp³-hybridized carbons (Fsp3) is 0.548. The zero-order valence-electron chi connectivity index (χ0n) is 33.6. The number of methoxy groups -OCH3 is 1. The molecular weight excluding hydrogens is 751 g/mol. The molecule has 0 saturated carbocycles. The van der Waals surface area contributed by atoms with Gasteiger partial charge in [-0.15, -0.1) is 0 Å². The van der Waals surface area contributed by atoms with E-state index >= 15 is 0 Å². The Morgan fingerprint density at radius 3 is 2.02 bits per heavy atom. The van der Waals surface area contributed by atoms with E-state index in [0.29, 0.717) is 0 Å². The van der Waals surface area contributed by atoms with E-state index < -0.39 is 81.9 Å². The summed E-state index contributed by atoms with van der Waals surface area (Å²) in [6, 6.07) is 27.4. The molecule has 308 valence electrons. The Kier molecular flexibility index (Phi) is 14.2. The van der Waals surface area contributed by atoms with Crippen LogP contribution in [0.3, 0.4) is 0 Å². The van der Waals surface area contributed by atoms with Gasteiger partial charge in [0.25, 0.3) is 0 Å². The molecule has 57 heavy (non-hydrogen) atoms. The number of ether oxygens (including phenoxy) is 8. The molecule has 0 aromatic heterocycles. The number of hydrogen-bond donors (Lipinski definition) is 1. The molecule has 3 aliphatic heterocycles. The van der Waals surface area contributed by atoms with Crippen LogP contribution in [0.5, 0.6) is 0 Å². The van der Waals surface area contributed by atoms with E-state index in [2.05, 4.69) is 50.8 Å². The van der Waals surface area contributed by atoms with Crippen molar-refractivity contribution in [1.29, 1.82) is 0 Å². The quantitative estimate of drug-likeness (QED) is 0.0553. The van der Waals surface area contributed by atoms with Gasteiger partial charge < -0.3 is 47.4 Å². The summed E-state index contributed by atoms with van der Waals surface area (Å²) in [6.45, 7) is 13.0. The number of benzene rings is 3. The molecule has 1 N–H and O–H groups in total. The Morgan fingerprint density at radius 1 is 0.877 bits per heavy atom. The van der Waals surface area contributed by atoms with Crippen LogP contribution in [0.2, 0.25) is 18.1 Å². The lowest BCUT2D eigenvalue weighted by Crippen LogP contribution is -2.67. The summed E-state index contributed by atoms with van der Waals surface area (Å²) in [5, 5.41) is 15.8. The molecule has 3 aromatic rings. The fourth-order valence-electron chi connectivity index (χ4n) is 7.22. The summed E-state index contributed by atoms with van der Waals surface area (Å²) < 4.78 is 57.6. The van der Waals surface area contributed by atoms with Gasteiger partial charge in [0.2, 0.25) is 0 Å². The van der Waals surface area contributed by atoms with Gasteiger partial charge in [0, 0.05) is 10.5 Å². The molecule has 3 aromatic carbocycles. The smallest absolute Gasteiger partial charge is 0.337 e. The minimum Gasteiger partial charge on any atom is -0.467 e. The predicted octanol–water partition coefficient (Wildman–Crippen LogP) is 6.98. The number of hydrogen-bond acceptors (Lipinski definition) is 12. The topological polar surface area (TPSA) is 169 Å². The van der Waals surface area contributed by atoms with E-state index in [0.717, 1.165) is 16.7 Å². The number of azide groups is 1. The molecule has 3 aliphatic rings. The summed E-state index contributed by atoms with van der Waals surface area (Å²) in [5.41, 5.74) is 12.5. The number of aliphatic hydroxyl groups excluding tert-OH is 1. The monoisotopic (exact) mass is 805 g/mol. The molecule has 6 rings (SSSR count). The molecule has 0 spiro atoms. The second-order valence-electron chi connectivity index (χ2n) is 16.0. The van der Waals surface area contributed by atoms with Crippen LogP contribution in [0.4, 0.5) is 0 Å². The number of fused-ring (bicyclic) bond motifs is 1. The van der Waals surface area contributed by atoms with Gasteiger partial charge in [0.05, 0.1) is 26.9 Å². The van der Waals surface area contributed by atoms with Gasteiger partial charge >= 0.3 is 5.97 Å². The fourth-order valence-corrected chi connectivity index (χ4v) is 9.68. The van der Waals surface area contributed by atoms with Crippen LogP contribution < -0.4 is 0 Å². The van der Waals surface area contributed by atoms with Crippen molar-refractivity contribution in [1.82, 2.24) is 0 Å². The van der Waals surface area contributed by atoms with Gasteiger partial charge in [-0.25, -0.2) is 4.79 Å². The summed E-state index contributed by atoms with van der Waals surface area (Å²) >= 11 is 0. The van der Waals surface area contributed by atoms with E-state index in [1.165, 1.54) is 7.11 Å². The first-order valence-corrected chi connectivity index (χ1v) is 22.3. The Hall–Kier alpha value is -3.70. The van der Waals surface area contributed by atoms with Crippen molar-refractivity contribution in [2.24, 2.45) is 11.0 Å². The molecular formula is C42H55N3O11Si. The highest BCUT2D eigenvalue weighted by Crippen LogP contribution is 2.47. The lowest BCUT2D eigenvalue weighted by atomic mass is 9.94. The highest BCUT2D eigenvalue weighted by Gasteiger charge is 2.57. The molecule has 3 fully saturated rings. The van der Waals surface area contributed by atoms with Crippen LogP contribution in [0.25, 0.3) is 10.4 Å². The van der Waals surface area contributed by atoms with E-state index in [1.54, 1.807) is 0 Å². The first-order chi connectivity index (χ1) is 27.3. The number of carbonyl (C=O) groups excluding carboxylic acids is 1. The molecule has 15 heteroatoms. The maximum absolute atomic E-state index is 13.2. The average molecular weight is 806 g/mol. The number of carbonyl (C=O) groups is 1. The van der Waals surface area contributed by atoms with Crippen LogP contribution in [-0.2, 0) is 60.3 Å². The number of aliphatic hydroxyl groups is 1. The van der Waals surface area contributed by atoms with Crippen LogP contribution >= 0.6 is 0 Å². The lowest BCUT2D eigenvalue weighted by Gasteiger charge is -2.52. The molecule has 0 unspecified atom stereocenters. The molecule has 14 nitrogen and oxygen atoms in total. The van der Waals surface area contributed by atoms with Gasteiger partial charge in [0.15, 0.2) is 33.3 Å². The van der Waals surface area contributed by atoms with Crippen molar-refractivity contribution in [2.75, 3.05) is 13.7 Å². The van der Waals surface area contributed by atoms with Gasteiger partial charge in [-0.1, -0.05) is 124 Å². The van der Waals surface area contributed by atoms with E-state index in [-0.39, 0.29) is 30.8 Å². The Labute approximate surface area is 335 Å². The SMILES string of the molecule is COC(=O)[C@@H]1O[C@H](O[Si](C)(C)C(C)(C)C(C)C)[C@H](O[C@@H]2O[C@@H]3CO[C@@H](c4ccccc4)O[C@H]3[C@H](OCc3ccccc3)[C@H]2N=[N+]=[N-])[C@@H](OCc2ccccc2)[C@@H]1O. The Bertz CT molecular complexity index is 1780. The molecule has 0 bridgehead atoms. The molecule has 3 heterocycles. The highest BCUT2D eigenvalue weighted by atomic mass is 28.4. The van der Waals surface area contributed by atoms with E-state index in [1.807, 2.05) is 91.0 Å². The first-order valence-electron chi connectivity index (χ1n) is 19.4. The van der Waals surface area contributed by atoms with Crippen molar-refractivity contribution in [3.63, 3.8) is 0 Å². The van der Waals surface area contributed by atoms with Gasteiger partial charge in [-0.2, -0.15) is 0 Å². The van der Waals surface area contributed by atoms with Crippen LogP contribution in [-0.4, -0.2) is 94.5 Å². The van der Waals surface area contributed by atoms with Crippen molar-refractivity contribution in [3.8, 4) is 0 Å². The third-order valence-corrected chi connectivity index (χ3v) is 16.3. The van der Waals surface area contributed by atoms with Crippen molar-refractivity contribution < 1.29 is 52.2 Å². The van der Waals surface area contributed by atoms with Gasteiger partial charge in [0.1, 0.15) is 42.7 Å². The first kappa shape index (κ1) is 42.9. The summed E-state index contributed by atoms with van der Waals surface area (Å²) in [6.07, 6.45) is -11.1. The number of esters is 1. The van der Waals surface area contributed by atoms with Gasteiger partial charge in [-0.3, -0.25) is 0 Å². The Morgan fingerprint density at radius 2 is 1.46 bits per heavy atom. The van der Waals surface area contributed by atoms with Crippen LogP contribution in [0.1, 0.15) is 50.7 Å². The summed E-state index contributed by atoms with van der Waals surface area (Å²) in [5.74, 6) is -0.580. The van der Waals surface area contributed by atoms with Crippen molar-refractivity contribution >= 4 is 14.3 Å². The molecule has 3 saturated heterocycles. The van der Waals surface area contributed by atoms with Gasteiger partial charge in [-0.05, 0) is 40.7 Å². The predicted molar refractivity (Wildman–Crippen MR) is 211 cm³/mol. The maximum atomic E-state index is 13.2. The highest BCUT2D eigenvalue weighted by molar-refractivity contribution is 6.74. The zero-order valence-corrected chi connectivity index (χ0v) is 34.6. The standard InChI is InChI=1S/C42H55N3O11Si/c1-26(2)42(3,4)57(6,7)56-41-37(35(32(46)36(54-41)38(47)48-5)50-24-28-19-13-9-14-20-28)55-40-31(44-45-43)34(49-23-27-17-11-8-12-18-27)33-30(52-40)25-51-39(53-33)29-21-15-10-16-22-29/h8-22,26,30-37,39-41,46H,23-25H2,1-7H3/t30-,31-,32+,33-,34-,35+,36-,37-,39-,40+,41-/m1/s1. The number of rotatable bonds is 15. The largest absolute Gasteiger partial charge is 0.467 e. The second-order valence-corrected chi connectivity index (χ2v) is 20.5. The normalized spacial score (nSPS) is 30.6. The molecule has 0 amide bonds.